The van der Waals surface area contributed by atoms with Gasteiger partial charge in [0.1, 0.15) is 17.5 Å². The lowest BCUT2D eigenvalue weighted by molar-refractivity contribution is 0.411. The number of hydrogen-bond donors (Lipinski definition) is 0. The molecule has 5 heteroatoms. The van der Waals surface area contributed by atoms with Crippen molar-refractivity contribution in [2.75, 3.05) is 7.11 Å². The van der Waals surface area contributed by atoms with Crippen LogP contribution in [0.3, 0.4) is 0 Å². The third-order valence-corrected chi connectivity index (χ3v) is 2.93. The molecule has 0 spiro atoms. The highest BCUT2D eigenvalue weighted by molar-refractivity contribution is 6.30. The average Bonchev–Trinajstić information content (AvgIpc) is 2.81. The van der Waals surface area contributed by atoms with Gasteiger partial charge in [-0.1, -0.05) is 18.5 Å². The van der Waals surface area contributed by atoms with Gasteiger partial charge in [-0.2, -0.15) is 10.4 Å². The Morgan fingerprint density at radius 1 is 1.50 bits per heavy atom. The van der Waals surface area contributed by atoms with Crippen molar-refractivity contribution in [3.63, 3.8) is 0 Å². The minimum atomic E-state index is 0.569. The van der Waals surface area contributed by atoms with Crippen molar-refractivity contribution in [1.82, 2.24) is 9.78 Å². The predicted molar refractivity (Wildman–Crippen MR) is 69.2 cm³/mol. The predicted octanol–water partition coefficient (Wildman–Crippen LogP) is 2.97. The largest absolute Gasteiger partial charge is 0.494 e. The Balaban J connectivity index is 2.65. The lowest BCUT2D eigenvalue weighted by Crippen LogP contribution is -2.04. The van der Waals surface area contributed by atoms with E-state index in [0.29, 0.717) is 22.8 Å². The third-order valence-electron chi connectivity index (χ3n) is 2.69. The van der Waals surface area contributed by atoms with Crippen molar-refractivity contribution < 1.29 is 4.74 Å². The van der Waals surface area contributed by atoms with Crippen molar-refractivity contribution in [3.05, 3.63) is 40.7 Å². The van der Waals surface area contributed by atoms with Crippen LogP contribution in [0.5, 0.6) is 5.75 Å². The molecule has 0 atom stereocenters. The molecule has 0 radical (unpaired) electrons. The molecular formula is C13H12ClN3O. The first-order valence-corrected chi connectivity index (χ1v) is 5.90. The summed E-state index contributed by atoms with van der Waals surface area (Å²) in [6, 6.07) is 7.44. The minimum absolute atomic E-state index is 0.569. The van der Waals surface area contributed by atoms with E-state index in [1.165, 1.54) is 0 Å². The Bertz CT molecular complexity index is 613. The Labute approximate surface area is 110 Å². The Hall–Kier alpha value is -1.99. The number of hydrogen-bond acceptors (Lipinski definition) is 3. The Kier molecular flexibility index (Phi) is 3.54. The van der Waals surface area contributed by atoms with Crippen LogP contribution in [0.2, 0.25) is 5.02 Å². The molecular weight excluding hydrogens is 250 g/mol. The van der Waals surface area contributed by atoms with Gasteiger partial charge in [-0.05, 0) is 24.6 Å². The maximum atomic E-state index is 9.03. The molecule has 2 rings (SSSR count). The summed E-state index contributed by atoms with van der Waals surface area (Å²) in [5.41, 5.74) is 2.15. The van der Waals surface area contributed by atoms with E-state index in [1.54, 1.807) is 36.2 Å². The summed E-state index contributed by atoms with van der Waals surface area (Å²) in [5.74, 6) is 0.668. The van der Waals surface area contributed by atoms with Crippen LogP contribution in [0.1, 0.15) is 18.2 Å². The molecule has 1 aromatic heterocycles. The number of aromatic nitrogens is 2. The molecule has 0 fully saturated rings. The first kappa shape index (κ1) is 12.5. The van der Waals surface area contributed by atoms with Gasteiger partial charge in [-0.3, -0.25) is 0 Å². The van der Waals surface area contributed by atoms with Gasteiger partial charge in [0, 0.05) is 5.02 Å². The summed E-state index contributed by atoms with van der Waals surface area (Å²) < 4.78 is 6.99. The quantitative estimate of drug-likeness (QED) is 0.853. The highest BCUT2D eigenvalue weighted by Gasteiger charge is 2.14. The van der Waals surface area contributed by atoms with Gasteiger partial charge in [0.05, 0.1) is 24.6 Å². The molecule has 18 heavy (non-hydrogen) atoms. The molecule has 1 aromatic carbocycles. The summed E-state index contributed by atoms with van der Waals surface area (Å²) in [6.45, 7) is 1.98. The molecule has 92 valence electrons. The van der Waals surface area contributed by atoms with Gasteiger partial charge in [0.2, 0.25) is 0 Å². The second-order valence-electron chi connectivity index (χ2n) is 3.70. The fraction of sp³-hybridized carbons (Fsp3) is 0.231. The van der Waals surface area contributed by atoms with Crippen LogP contribution < -0.4 is 4.74 Å². The monoisotopic (exact) mass is 261 g/mol. The molecule has 2 aromatic rings. The summed E-state index contributed by atoms with van der Waals surface area (Å²) in [7, 11) is 1.59. The Morgan fingerprint density at radius 2 is 2.28 bits per heavy atom. The summed E-state index contributed by atoms with van der Waals surface area (Å²) in [6.07, 6.45) is 2.26. The first-order chi connectivity index (χ1) is 8.71. The zero-order valence-electron chi connectivity index (χ0n) is 10.1. The van der Waals surface area contributed by atoms with Crippen molar-refractivity contribution in [3.8, 4) is 17.5 Å². The zero-order chi connectivity index (χ0) is 13.1. The second kappa shape index (κ2) is 5.11. The van der Waals surface area contributed by atoms with Crippen molar-refractivity contribution in [2.45, 2.75) is 13.3 Å². The smallest absolute Gasteiger partial charge is 0.144 e. The SMILES string of the molecule is CCc1c(C#N)cnn1-c1cc(Cl)ccc1OC. The number of nitriles is 1. The molecule has 0 saturated heterocycles. The van der Waals surface area contributed by atoms with Crippen LogP contribution in [0.4, 0.5) is 0 Å². The lowest BCUT2D eigenvalue weighted by atomic mass is 10.2. The molecule has 0 saturated carbocycles. The highest BCUT2D eigenvalue weighted by atomic mass is 35.5. The fourth-order valence-corrected chi connectivity index (χ4v) is 2.01. The van der Waals surface area contributed by atoms with Gasteiger partial charge in [-0.25, -0.2) is 4.68 Å². The van der Waals surface area contributed by atoms with Gasteiger partial charge >= 0.3 is 0 Å². The van der Waals surface area contributed by atoms with Crippen LogP contribution in [-0.2, 0) is 6.42 Å². The first-order valence-electron chi connectivity index (χ1n) is 5.52. The van der Waals surface area contributed by atoms with E-state index in [2.05, 4.69) is 11.2 Å². The van der Waals surface area contributed by atoms with E-state index in [4.69, 9.17) is 21.6 Å². The van der Waals surface area contributed by atoms with Gasteiger partial charge in [0.15, 0.2) is 0 Å². The Morgan fingerprint density at radius 3 is 2.89 bits per heavy atom. The standard InChI is InChI=1S/C13H12ClN3O/c1-3-11-9(7-15)8-16-17(11)12-6-10(14)4-5-13(12)18-2/h4-6,8H,3H2,1-2H3. The zero-order valence-corrected chi connectivity index (χ0v) is 10.9. The van der Waals surface area contributed by atoms with E-state index in [0.717, 1.165) is 11.4 Å². The van der Waals surface area contributed by atoms with Crippen LogP contribution >= 0.6 is 11.6 Å². The normalized spacial score (nSPS) is 10.1. The number of rotatable bonds is 3. The topological polar surface area (TPSA) is 50.8 Å². The number of benzene rings is 1. The molecule has 0 unspecified atom stereocenters. The van der Waals surface area contributed by atoms with Gasteiger partial charge in [0.25, 0.3) is 0 Å². The van der Waals surface area contributed by atoms with Gasteiger partial charge < -0.3 is 4.74 Å². The fourth-order valence-electron chi connectivity index (χ4n) is 1.84. The molecule has 1 heterocycles. The van der Waals surface area contributed by atoms with Gasteiger partial charge in [-0.15, -0.1) is 0 Å². The van der Waals surface area contributed by atoms with Crippen LogP contribution in [-0.4, -0.2) is 16.9 Å². The molecule has 0 aliphatic heterocycles. The minimum Gasteiger partial charge on any atom is -0.494 e. The van der Waals surface area contributed by atoms with Crippen molar-refractivity contribution >= 4 is 11.6 Å². The molecule has 0 bridgehead atoms. The maximum Gasteiger partial charge on any atom is 0.144 e. The molecule has 0 N–H and O–H groups in total. The maximum absolute atomic E-state index is 9.03. The highest BCUT2D eigenvalue weighted by Crippen LogP contribution is 2.27. The number of nitrogens with zero attached hydrogens (tertiary/aromatic N) is 3. The van der Waals surface area contributed by atoms with Crippen LogP contribution in [0, 0.1) is 11.3 Å². The second-order valence-corrected chi connectivity index (χ2v) is 4.13. The van der Waals surface area contributed by atoms with Crippen LogP contribution in [0.15, 0.2) is 24.4 Å². The summed E-state index contributed by atoms with van der Waals surface area (Å²) >= 11 is 6.00. The molecule has 0 aliphatic carbocycles. The average molecular weight is 262 g/mol. The number of methoxy groups -OCH3 is 1. The molecule has 4 nitrogen and oxygen atoms in total. The van der Waals surface area contributed by atoms with E-state index >= 15 is 0 Å². The summed E-state index contributed by atoms with van der Waals surface area (Å²) in [5, 5.41) is 13.9. The molecule has 0 aliphatic rings. The van der Waals surface area contributed by atoms with E-state index in [1.807, 2.05) is 6.92 Å². The lowest BCUT2D eigenvalue weighted by Gasteiger charge is -2.11. The van der Waals surface area contributed by atoms with E-state index in [9.17, 15) is 0 Å². The third kappa shape index (κ3) is 2.05. The molecule has 0 amide bonds. The number of halogens is 1. The van der Waals surface area contributed by atoms with Crippen LogP contribution in [0.25, 0.3) is 5.69 Å². The van der Waals surface area contributed by atoms with E-state index in [-0.39, 0.29) is 0 Å². The summed E-state index contributed by atoms with van der Waals surface area (Å²) in [4.78, 5) is 0. The van der Waals surface area contributed by atoms with Crippen molar-refractivity contribution in [1.29, 1.82) is 5.26 Å². The van der Waals surface area contributed by atoms with E-state index < -0.39 is 0 Å². The van der Waals surface area contributed by atoms with Crippen molar-refractivity contribution in [2.24, 2.45) is 0 Å². The number of ether oxygens (including phenoxy) is 1.